The van der Waals surface area contributed by atoms with Crippen LogP contribution in [0.5, 0.6) is 5.75 Å². The predicted octanol–water partition coefficient (Wildman–Crippen LogP) is 7.16. The van der Waals surface area contributed by atoms with Crippen molar-refractivity contribution >= 4 is 27.8 Å². The van der Waals surface area contributed by atoms with E-state index in [-0.39, 0.29) is 29.8 Å². The maximum absolute atomic E-state index is 13.7. The lowest BCUT2D eigenvalue weighted by Gasteiger charge is -2.53. The Bertz CT molecular complexity index is 1940. The van der Waals surface area contributed by atoms with Crippen molar-refractivity contribution in [3.63, 3.8) is 0 Å². The first-order chi connectivity index (χ1) is 23.4. The highest BCUT2D eigenvalue weighted by atomic mass is 16.5. The van der Waals surface area contributed by atoms with Crippen LogP contribution in [0.3, 0.4) is 0 Å². The normalized spacial score (nSPS) is 33.6. The molecule has 0 spiro atoms. The number of nitrogens with one attached hydrogen (secondary N) is 2. The van der Waals surface area contributed by atoms with Crippen LogP contribution in [0.1, 0.15) is 79.4 Å². The summed E-state index contributed by atoms with van der Waals surface area (Å²) in [5, 5.41) is 2.57. The number of hydrogen-bond donors (Lipinski definition) is 2. The summed E-state index contributed by atoms with van der Waals surface area (Å²) in [6.07, 6.45) is 8.91. The van der Waals surface area contributed by atoms with E-state index in [1.54, 1.807) is 7.11 Å². The standard InChI is InChI=1S/C41H50N4O3/c1-6-23-14-22-15-32-38-26(12-13-45(20-22)40(23)32)28-19-36(47-4)29(17-34(28)43-38)30-16-27-24(7-2)21-44(3)35(37(27)41(46)48-5)18-31-25-10-8-9-11-33(25)42-39(30)31/h7-11,17,19,22-23,27,30,32,35,37,40,42-43H,6,12-16,18,20-21H2,1-5H3/b24-7-/t22-,23-,27+,30+,32-,35-,37-,40-/m0/s1. The maximum atomic E-state index is 13.7. The number of para-hydroxylation sites is 1. The Labute approximate surface area is 284 Å². The van der Waals surface area contributed by atoms with Crippen LogP contribution in [0, 0.1) is 23.7 Å². The van der Waals surface area contributed by atoms with Gasteiger partial charge in [-0.15, -0.1) is 0 Å². The molecule has 4 fully saturated rings. The quantitative estimate of drug-likeness (QED) is 0.182. The van der Waals surface area contributed by atoms with E-state index >= 15 is 0 Å². The second-order valence-corrected chi connectivity index (χ2v) is 15.6. The smallest absolute Gasteiger partial charge is 0.310 e. The van der Waals surface area contributed by atoms with Crippen molar-refractivity contribution in [2.75, 3.05) is 40.9 Å². The van der Waals surface area contributed by atoms with Gasteiger partial charge in [0.25, 0.3) is 0 Å². The summed E-state index contributed by atoms with van der Waals surface area (Å²) in [7, 11) is 5.54. The highest BCUT2D eigenvalue weighted by molar-refractivity contribution is 5.89. The Morgan fingerprint density at radius 1 is 1.00 bits per heavy atom. The van der Waals surface area contributed by atoms with Crippen molar-refractivity contribution in [3.8, 4) is 5.75 Å². The summed E-state index contributed by atoms with van der Waals surface area (Å²) in [4.78, 5) is 26.9. The summed E-state index contributed by atoms with van der Waals surface area (Å²) in [6, 6.07) is 14.1. The number of ether oxygens (including phenoxy) is 2. The van der Waals surface area contributed by atoms with E-state index in [9.17, 15) is 4.79 Å². The van der Waals surface area contributed by atoms with Gasteiger partial charge in [0, 0.05) is 82.3 Å². The van der Waals surface area contributed by atoms with E-state index < -0.39 is 0 Å². The van der Waals surface area contributed by atoms with E-state index in [2.05, 4.69) is 83.1 Å². The average Bonchev–Trinajstić information content (AvgIpc) is 3.62. The van der Waals surface area contributed by atoms with Crippen LogP contribution >= 0.6 is 0 Å². The Hall–Kier alpha value is -3.55. The van der Waals surface area contributed by atoms with Crippen LogP contribution in [0.4, 0.5) is 0 Å². The number of H-pyrrole nitrogens is 2. The molecule has 2 aromatic carbocycles. The molecule has 10 rings (SSSR count). The molecule has 1 saturated carbocycles. The molecule has 4 aromatic rings. The number of aromatic amines is 2. The highest BCUT2D eigenvalue weighted by Crippen LogP contribution is 2.53. The van der Waals surface area contributed by atoms with Crippen LogP contribution in [0.25, 0.3) is 21.8 Å². The largest absolute Gasteiger partial charge is 0.496 e. The molecule has 9 atom stereocenters. The number of likely N-dealkylation sites (tertiary alicyclic amines) is 1. The molecule has 3 saturated heterocycles. The summed E-state index contributed by atoms with van der Waals surface area (Å²) >= 11 is 0. The number of likely N-dealkylation sites (N-methyl/N-ethyl adjacent to an activating group) is 1. The first kappa shape index (κ1) is 30.5. The highest BCUT2D eigenvalue weighted by Gasteiger charge is 2.50. The first-order valence-corrected chi connectivity index (χ1v) is 18.4. The minimum absolute atomic E-state index is 0.0250. The molecular weight excluding hydrogens is 596 g/mol. The molecule has 0 amide bonds. The van der Waals surface area contributed by atoms with Crippen LogP contribution in [-0.4, -0.2) is 78.7 Å². The number of esters is 1. The van der Waals surface area contributed by atoms with Gasteiger partial charge < -0.3 is 19.4 Å². The third-order valence-electron chi connectivity index (χ3n) is 13.5. The minimum atomic E-state index is -0.239. The fraction of sp³-hybridized carbons (Fsp3) is 0.537. The Kier molecular flexibility index (Phi) is 7.32. The molecule has 7 heteroatoms. The lowest BCUT2D eigenvalue weighted by molar-refractivity contribution is -0.151. The number of hydrogen-bond acceptors (Lipinski definition) is 5. The van der Waals surface area contributed by atoms with E-state index in [4.69, 9.17) is 9.47 Å². The van der Waals surface area contributed by atoms with Crippen LogP contribution in [0.15, 0.2) is 48.0 Å². The van der Waals surface area contributed by atoms with Crippen molar-refractivity contribution in [1.82, 2.24) is 19.8 Å². The van der Waals surface area contributed by atoms with Crippen LogP contribution < -0.4 is 4.74 Å². The van der Waals surface area contributed by atoms with Crippen molar-refractivity contribution in [2.24, 2.45) is 23.7 Å². The number of carbonyl (C=O) groups excluding carboxylic acids is 1. The molecule has 4 aliphatic heterocycles. The molecule has 48 heavy (non-hydrogen) atoms. The van der Waals surface area contributed by atoms with Gasteiger partial charge in [-0.05, 0) is 93.2 Å². The van der Waals surface area contributed by atoms with Gasteiger partial charge in [-0.1, -0.05) is 43.2 Å². The van der Waals surface area contributed by atoms with Crippen molar-refractivity contribution in [1.29, 1.82) is 0 Å². The molecule has 2 N–H and O–H groups in total. The van der Waals surface area contributed by atoms with Gasteiger partial charge >= 0.3 is 5.97 Å². The van der Waals surface area contributed by atoms with Crippen molar-refractivity contribution in [3.05, 3.63) is 76.1 Å². The molecule has 0 radical (unpaired) electrons. The lowest BCUT2D eigenvalue weighted by Crippen LogP contribution is -2.56. The third-order valence-corrected chi connectivity index (χ3v) is 13.5. The number of piperidine rings is 3. The number of fused-ring (bicyclic) bond motifs is 9. The van der Waals surface area contributed by atoms with Crippen LogP contribution in [0.2, 0.25) is 0 Å². The molecule has 6 aliphatic rings. The topological polar surface area (TPSA) is 73.6 Å². The monoisotopic (exact) mass is 646 g/mol. The Morgan fingerprint density at radius 2 is 1.83 bits per heavy atom. The zero-order valence-corrected chi connectivity index (χ0v) is 29.1. The van der Waals surface area contributed by atoms with E-state index in [1.807, 2.05) is 7.11 Å². The number of carbonyl (C=O) groups is 1. The van der Waals surface area contributed by atoms with Crippen molar-refractivity contribution in [2.45, 2.75) is 76.3 Å². The molecule has 252 valence electrons. The summed E-state index contributed by atoms with van der Waals surface area (Å²) in [5.74, 6) is 2.89. The zero-order chi connectivity index (χ0) is 32.8. The van der Waals surface area contributed by atoms with E-state index in [1.165, 1.54) is 75.7 Å². The zero-order valence-electron chi connectivity index (χ0n) is 29.1. The summed E-state index contributed by atoms with van der Waals surface area (Å²) in [6.45, 7) is 7.81. The lowest BCUT2D eigenvalue weighted by atomic mass is 9.65. The molecule has 1 unspecified atom stereocenters. The maximum Gasteiger partial charge on any atom is 0.310 e. The fourth-order valence-corrected chi connectivity index (χ4v) is 11.4. The Balaban J connectivity index is 1.23. The third kappa shape index (κ3) is 4.42. The van der Waals surface area contributed by atoms with Gasteiger partial charge in [0.1, 0.15) is 5.75 Å². The molecule has 2 aromatic heterocycles. The van der Waals surface area contributed by atoms with Gasteiger partial charge in [-0.2, -0.15) is 0 Å². The predicted molar refractivity (Wildman–Crippen MR) is 191 cm³/mol. The second-order valence-electron chi connectivity index (χ2n) is 15.6. The minimum Gasteiger partial charge on any atom is -0.496 e. The molecule has 7 nitrogen and oxygen atoms in total. The van der Waals surface area contributed by atoms with Gasteiger partial charge in [-0.3, -0.25) is 14.6 Å². The number of nitrogens with zero attached hydrogens (tertiary/aromatic N) is 2. The molecule has 6 bridgehead atoms. The molecule has 2 aliphatic carbocycles. The number of methoxy groups -OCH3 is 2. The average molecular weight is 647 g/mol. The summed E-state index contributed by atoms with van der Waals surface area (Å²) < 4.78 is 11.9. The van der Waals surface area contributed by atoms with Gasteiger partial charge in [0.05, 0.1) is 20.1 Å². The number of aromatic nitrogens is 2. The number of allylic oxidation sites excluding steroid dienone is 1. The Morgan fingerprint density at radius 3 is 2.62 bits per heavy atom. The van der Waals surface area contributed by atoms with Crippen LogP contribution in [-0.2, 0) is 22.4 Å². The van der Waals surface area contributed by atoms with Gasteiger partial charge in [0.15, 0.2) is 0 Å². The molecular formula is C41H50N4O3. The second kappa shape index (κ2) is 11.5. The number of benzene rings is 2. The SMILES string of the molecule is C/C=C1/CN(C)[C@H]2Cc3c([nH]c4ccccc34)[C@@H](c3cc4[nH]c5c(c4cc3OC)CCN3C[C@H]4C[C@H](CC)[C@H]3[C@H]5C4)C[C@H]1[C@@H]2C(=O)OC. The van der Waals surface area contributed by atoms with Crippen molar-refractivity contribution < 1.29 is 14.3 Å². The van der Waals surface area contributed by atoms with Gasteiger partial charge in [-0.25, -0.2) is 0 Å². The number of rotatable bonds is 4. The first-order valence-electron chi connectivity index (χ1n) is 18.4. The van der Waals surface area contributed by atoms with E-state index in [0.717, 1.165) is 55.5 Å². The summed E-state index contributed by atoms with van der Waals surface area (Å²) in [5.41, 5.74) is 10.5. The van der Waals surface area contributed by atoms with E-state index in [0.29, 0.717) is 12.0 Å². The molecule has 6 heterocycles. The van der Waals surface area contributed by atoms with Gasteiger partial charge in [0.2, 0.25) is 0 Å². The fourth-order valence-electron chi connectivity index (χ4n) is 11.4.